The molecule has 22 heavy (non-hydrogen) atoms. The summed E-state index contributed by atoms with van der Waals surface area (Å²) >= 11 is 0. The number of benzene rings is 1. The maximum atomic E-state index is 13.4. The van der Waals surface area contributed by atoms with Crippen molar-refractivity contribution in [3.63, 3.8) is 0 Å². The Balaban J connectivity index is 1.69. The third kappa shape index (κ3) is 3.67. The van der Waals surface area contributed by atoms with Crippen molar-refractivity contribution < 1.29 is 17.9 Å². The molecule has 2 saturated heterocycles. The van der Waals surface area contributed by atoms with E-state index in [9.17, 15) is 17.9 Å². The van der Waals surface area contributed by atoms with E-state index in [-0.39, 0.29) is 23.4 Å². The minimum atomic E-state index is -2.85. The summed E-state index contributed by atoms with van der Waals surface area (Å²) < 4.78 is 36.5. The molecule has 2 fully saturated rings. The first-order valence-corrected chi connectivity index (χ1v) is 9.63. The molecule has 0 bridgehead atoms. The summed E-state index contributed by atoms with van der Waals surface area (Å²) in [5.74, 6) is 0.602. The van der Waals surface area contributed by atoms with Gasteiger partial charge in [-0.2, -0.15) is 0 Å². The molecule has 0 radical (unpaired) electrons. The largest absolute Gasteiger partial charge is 0.392 e. The van der Waals surface area contributed by atoms with Gasteiger partial charge in [-0.25, -0.2) is 12.8 Å². The van der Waals surface area contributed by atoms with E-state index in [0.717, 1.165) is 12.1 Å². The highest BCUT2D eigenvalue weighted by atomic mass is 32.2. The smallest absolute Gasteiger partial charge is 0.150 e. The molecule has 1 aromatic carbocycles. The molecule has 2 aliphatic rings. The summed E-state index contributed by atoms with van der Waals surface area (Å²) in [5, 5.41) is 9.98. The van der Waals surface area contributed by atoms with Gasteiger partial charge in [0.25, 0.3) is 0 Å². The molecular weight excluding hydrogens is 305 g/mol. The van der Waals surface area contributed by atoms with E-state index in [1.807, 2.05) is 6.07 Å². The van der Waals surface area contributed by atoms with E-state index >= 15 is 0 Å². The van der Waals surface area contributed by atoms with Crippen molar-refractivity contribution in [2.45, 2.75) is 31.4 Å². The monoisotopic (exact) mass is 327 g/mol. The Morgan fingerprint density at radius 1 is 1.27 bits per heavy atom. The topological polar surface area (TPSA) is 57.6 Å². The molecule has 2 atom stereocenters. The van der Waals surface area contributed by atoms with Crippen LogP contribution in [0.25, 0.3) is 0 Å². The van der Waals surface area contributed by atoms with Crippen LogP contribution in [0.15, 0.2) is 24.3 Å². The van der Waals surface area contributed by atoms with Crippen molar-refractivity contribution in [2.75, 3.05) is 24.6 Å². The van der Waals surface area contributed by atoms with Gasteiger partial charge in [0.15, 0.2) is 0 Å². The molecular formula is C16H22FNO3S. The number of rotatable bonds is 3. The first-order valence-electron chi connectivity index (χ1n) is 7.81. The number of aliphatic hydroxyl groups is 1. The van der Waals surface area contributed by atoms with Gasteiger partial charge in [0.2, 0.25) is 0 Å². The summed E-state index contributed by atoms with van der Waals surface area (Å²) in [4.78, 5) is 2.18. The molecule has 6 heteroatoms. The third-order valence-corrected chi connectivity index (χ3v) is 6.50. The van der Waals surface area contributed by atoms with E-state index in [2.05, 4.69) is 4.90 Å². The lowest BCUT2D eigenvalue weighted by Gasteiger charge is -2.30. The van der Waals surface area contributed by atoms with Crippen molar-refractivity contribution in [3.8, 4) is 0 Å². The number of halogens is 1. The van der Waals surface area contributed by atoms with Gasteiger partial charge >= 0.3 is 0 Å². The zero-order valence-electron chi connectivity index (χ0n) is 12.5. The highest BCUT2D eigenvalue weighted by molar-refractivity contribution is 7.91. The summed E-state index contributed by atoms with van der Waals surface area (Å²) in [6, 6.07) is 6.56. The zero-order chi connectivity index (χ0) is 15.7. The van der Waals surface area contributed by atoms with E-state index in [1.165, 1.54) is 12.1 Å². The van der Waals surface area contributed by atoms with Gasteiger partial charge in [-0.1, -0.05) is 12.1 Å². The number of hydrogen-bond donors (Lipinski definition) is 1. The fourth-order valence-electron chi connectivity index (χ4n) is 3.59. The van der Waals surface area contributed by atoms with Crippen molar-refractivity contribution >= 4 is 9.84 Å². The highest BCUT2D eigenvalue weighted by Gasteiger charge is 2.34. The lowest BCUT2D eigenvalue weighted by atomic mass is 9.99. The number of likely N-dealkylation sites (tertiary alicyclic amines) is 1. The fraction of sp³-hybridized carbons (Fsp3) is 0.625. The van der Waals surface area contributed by atoms with Gasteiger partial charge < -0.3 is 5.11 Å². The Kier molecular flexibility index (Phi) is 4.52. The predicted molar refractivity (Wildman–Crippen MR) is 82.7 cm³/mol. The molecule has 122 valence electrons. The van der Waals surface area contributed by atoms with Crippen LogP contribution in [0.5, 0.6) is 0 Å². The van der Waals surface area contributed by atoms with Crippen LogP contribution >= 0.6 is 0 Å². The molecule has 0 saturated carbocycles. The van der Waals surface area contributed by atoms with Gasteiger partial charge in [0.05, 0.1) is 17.6 Å². The van der Waals surface area contributed by atoms with Crippen molar-refractivity contribution in [1.82, 2.24) is 4.90 Å². The summed E-state index contributed by atoms with van der Waals surface area (Å²) in [6.45, 7) is 1.35. The summed E-state index contributed by atoms with van der Waals surface area (Å²) in [5.41, 5.74) is 0.889. The summed E-state index contributed by atoms with van der Waals surface area (Å²) in [7, 11) is -2.85. The quantitative estimate of drug-likeness (QED) is 0.919. The number of hydrogen-bond acceptors (Lipinski definition) is 4. The molecule has 0 unspecified atom stereocenters. The normalized spacial score (nSPS) is 29.7. The number of nitrogens with zero attached hydrogens (tertiary/aromatic N) is 1. The van der Waals surface area contributed by atoms with Crippen LogP contribution in [0.1, 0.15) is 30.9 Å². The third-order valence-electron chi connectivity index (χ3n) is 4.78. The van der Waals surface area contributed by atoms with E-state index in [1.54, 1.807) is 6.07 Å². The van der Waals surface area contributed by atoms with Crippen molar-refractivity contribution in [1.29, 1.82) is 0 Å². The maximum Gasteiger partial charge on any atom is 0.150 e. The van der Waals surface area contributed by atoms with Gasteiger partial charge in [-0.15, -0.1) is 0 Å². The van der Waals surface area contributed by atoms with E-state index in [0.29, 0.717) is 31.7 Å². The Bertz CT molecular complexity index is 620. The highest BCUT2D eigenvalue weighted by Crippen LogP contribution is 2.34. The molecule has 2 aliphatic heterocycles. The van der Waals surface area contributed by atoms with Crippen LogP contribution in [0.3, 0.4) is 0 Å². The second-order valence-electron chi connectivity index (χ2n) is 6.51. The number of β-amino-alcohol motifs (C(OH)–C–C–N with tert-alkyl or cyclic N) is 1. The first kappa shape index (κ1) is 15.9. The average molecular weight is 327 g/mol. The zero-order valence-corrected chi connectivity index (χ0v) is 13.3. The van der Waals surface area contributed by atoms with Crippen LogP contribution in [-0.2, 0) is 9.84 Å². The van der Waals surface area contributed by atoms with Gasteiger partial charge in [-0.05, 0) is 42.9 Å². The lowest BCUT2D eigenvalue weighted by molar-refractivity contribution is 0.163. The molecule has 0 amide bonds. The van der Waals surface area contributed by atoms with Crippen molar-refractivity contribution in [3.05, 3.63) is 35.6 Å². The van der Waals surface area contributed by atoms with Gasteiger partial charge in [0, 0.05) is 19.1 Å². The van der Waals surface area contributed by atoms with Crippen molar-refractivity contribution in [2.24, 2.45) is 5.92 Å². The first-order chi connectivity index (χ1) is 10.4. The van der Waals surface area contributed by atoms with Gasteiger partial charge in [-0.3, -0.25) is 4.90 Å². The standard InChI is InChI=1S/C16H22FNO3S/c17-14-3-1-2-13(8-14)16-9-15(19)11-18(16)10-12-4-6-22(20,21)7-5-12/h1-3,8,12,15-16,19H,4-7,9-11H2/t15-,16-/m0/s1. The summed E-state index contributed by atoms with van der Waals surface area (Å²) in [6.07, 6.45) is 1.57. The maximum absolute atomic E-state index is 13.4. The van der Waals surface area contributed by atoms with Crippen LogP contribution < -0.4 is 0 Å². The molecule has 2 heterocycles. The lowest BCUT2D eigenvalue weighted by Crippen LogP contribution is -2.34. The second kappa shape index (κ2) is 6.26. The molecule has 4 nitrogen and oxygen atoms in total. The molecule has 0 aliphatic carbocycles. The molecule has 0 aromatic heterocycles. The number of sulfone groups is 1. The van der Waals surface area contributed by atoms with E-state index in [4.69, 9.17) is 0 Å². The van der Waals surface area contributed by atoms with Crippen LogP contribution in [0.4, 0.5) is 4.39 Å². The predicted octanol–water partition coefficient (Wildman–Crippen LogP) is 1.76. The minimum Gasteiger partial charge on any atom is -0.392 e. The minimum absolute atomic E-state index is 0.0178. The van der Waals surface area contributed by atoms with Crippen LogP contribution in [0.2, 0.25) is 0 Å². The molecule has 0 spiro atoms. The van der Waals surface area contributed by atoms with Crippen LogP contribution in [0, 0.1) is 11.7 Å². The Morgan fingerprint density at radius 2 is 2.00 bits per heavy atom. The Morgan fingerprint density at radius 3 is 2.68 bits per heavy atom. The SMILES string of the molecule is O=S1(=O)CCC(CN2C[C@@H](O)C[C@H]2c2cccc(F)c2)CC1. The van der Waals surface area contributed by atoms with E-state index < -0.39 is 15.9 Å². The Hall–Kier alpha value is -0.980. The van der Waals surface area contributed by atoms with Gasteiger partial charge in [0.1, 0.15) is 15.7 Å². The fourth-order valence-corrected chi connectivity index (χ4v) is 5.18. The molecule has 1 aromatic rings. The molecule has 1 N–H and O–H groups in total. The second-order valence-corrected chi connectivity index (χ2v) is 8.81. The number of aliphatic hydroxyl groups excluding tert-OH is 1. The molecule has 3 rings (SSSR count). The van der Waals surface area contributed by atoms with Crippen LogP contribution in [-0.4, -0.2) is 49.1 Å². The average Bonchev–Trinajstić information content (AvgIpc) is 2.82. The Labute approximate surface area is 130 Å².